The number of amides is 1. The molecule has 0 heterocycles. The molecule has 0 aromatic heterocycles. The Balaban J connectivity index is 2.68. The highest BCUT2D eigenvalue weighted by Crippen LogP contribution is 2.13. The van der Waals surface area contributed by atoms with Gasteiger partial charge in [-0.1, -0.05) is 48.5 Å². The fourth-order valence-electron chi connectivity index (χ4n) is 2.22. The van der Waals surface area contributed by atoms with Crippen LogP contribution in [0.4, 0.5) is 4.79 Å². The summed E-state index contributed by atoms with van der Waals surface area (Å²) in [5, 5.41) is 12.9. The summed E-state index contributed by atoms with van der Waals surface area (Å²) in [7, 11) is 0. The Labute approximate surface area is 162 Å². The summed E-state index contributed by atoms with van der Waals surface area (Å²) in [6.45, 7) is 5.24. The molecule has 0 aliphatic carbocycles. The molecule has 8 nitrogen and oxygen atoms in total. The largest absolute Gasteiger partial charge is 0.457 e. The predicted octanol–water partition coefficient (Wildman–Crippen LogP) is 2.41. The zero-order valence-corrected chi connectivity index (χ0v) is 15.7. The van der Waals surface area contributed by atoms with Crippen LogP contribution in [0.3, 0.4) is 0 Å². The van der Waals surface area contributed by atoms with Crippen LogP contribution in [-0.2, 0) is 20.9 Å². The zero-order valence-electron chi connectivity index (χ0n) is 14.9. The quantitative estimate of drug-likeness (QED) is 0.272. The first-order valence-electron chi connectivity index (χ1n) is 8.25. The minimum Gasteiger partial charge on any atom is -0.457 e. The molecule has 2 N–H and O–H groups in total. The number of esters is 1. The van der Waals surface area contributed by atoms with Gasteiger partial charge < -0.3 is 25.4 Å². The molecule has 9 heteroatoms. The summed E-state index contributed by atoms with van der Waals surface area (Å²) >= 11 is 5.80. The zero-order chi connectivity index (χ0) is 20.2. The molecule has 0 saturated carbocycles. The lowest BCUT2D eigenvalue weighted by molar-refractivity contribution is -0.141. The second-order valence-corrected chi connectivity index (χ2v) is 6.12. The molecule has 1 aromatic rings. The number of nitrogens with zero attached hydrogens (tertiary/aromatic N) is 2. The average Bonchev–Trinajstić information content (AvgIpc) is 2.61. The van der Waals surface area contributed by atoms with Crippen molar-refractivity contribution in [2.45, 2.75) is 38.5 Å². The van der Waals surface area contributed by atoms with E-state index in [-0.39, 0.29) is 31.1 Å². The number of hydrogen-bond donors (Lipinski definition) is 2. The molecular formula is C18H22ClN3O5. The van der Waals surface area contributed by atoms with Gasteiger partial charge in [-0.05, 0) is 12.5 Å². The summed E-state index contributed by atoms with van der Waals surface area (Å²) in [6, 6.07) is 8.38. The molecule has 0 spiro atoms. The molecule has 27 heavy (non-hydrogen) atoms. The van der Waals surface area contributed by atoms with E-state index in [1.165, 1.54) is 0 Å². The Kier molecular flexibility index (Phi) is 9.82. The lowest BCUT2D eigenvalue weighted by atomic mass is 10.0. The fraction of sp³-hybridized carbons (Fsp3) is 0.389. The van der Waals surface area contributed by atoms with Crippen molar-refractivity contribution in [3.05, 3.63) is 53.0 Å². The first kappa shape index (κ1) is 22.4. The van der Waals surface area contributed by atoms with Gasteiger partial charge in [0.25, 0.3) is 0 Å². The molecule has 0 aliphatic rings. The second kappa shape index (κ2) is 11.9. The molecule has 1 aromatic carbocycles. The molecule has 146 valence electrons. The maximum atomic E-state index is 12.0. The Morgan fingerprint density at radius 2 is 2.00 bits per heavy atom. The molecule has 1 amide bonds. The van der Waals surface area contributed by atoms with Crippen LogP contribution in [0, 0.1) is 0 Å². The van der Waals surface area contributed by atoms with Crippen molar-refractivity contribution in [3.8, 4) is 0 Å². The monoisotopic (exact) mass is 395 g/mol. The summed E-state index contributed by atoms with van der Waals surface area (Å²) in [4.78, 5) is 26.5. The number of benzene rings is 1. The van der Waals surface area contributed by atoms with Gasteiger partial charge in [-0.15, -0.1) is 0 Å². The number of carbonyl (C=O) groups is 2. The van der Waals surface area contributed by atoms with Crippen molar-refractivity contribution in [2.75, 3.05) is 6.61 Å². The number of aliphatic hydroxyl groups is 1. The van der Waals surface area contributed by atoms with E-state index in [0.717, 1.165) is 5.56 Å². The Morgan fingerprint density at radius 1 is 1.33 bits per heavy atom. The van der Waals surface area contributed by atoms with Crippen LogP contribution in [0.5, 0.6) is 0 Å². The topological polar surface area (TPSA) is 121 Å². The van der Waals surface area contributed by atoms with Crippen molar-refractivity contribution in [1.82, 2.24) is 5.32 Å². The summed E-state index contributed by atoms with van der Waals surface area (Å²) in [5.41, 5.74) is 9.19. The van der Waals surface area contributed by atoms with Crippen LogP contribution in [0.2, 0.25) is 0 Å². The van der Waals surface area contributed by atoms with Gasteiger partial charge in [0.05, 0.1) is 6.61 Å². The van der Waals surface area contributed by atoms with Gasteiger partial charge in [-0.2, -0.15) is 4.79 Å². The van der Waals surface area contributed by atoms with E-state index >= 15 is 0 Å². The van der Waals surface area contributed by atoms with Gasteiger partial charge in [0.1, 0.15) is 6.61 Å². The van der Waals surface area contributed by atoms with Crippen molar-refractivity contribution in [1.29, 1.82) is 0 Å². The first-order chi connectivity index (χ1) is 12.9. The highest BCUT2D eigenvalue weighted by Gasteiger charge is 2.33. The number of ether oxygens (including phenoxy) is 2. The number of hydrogen-bond acceptors (Lipinski definition) is 5. The second-order valence-electron chi connectivity index (χ2n) is 5.58. The van der Waals surface area contributed by atoms with Crippen molar-refractivity contribution >= 4 is 29.4 Å². The predicted molar refractivity (Wildman–Crippen MR) is 99.0 cm³/mol. The van der Waals surface area contributed by atoms with Crippen LogP contribution in [0.15, 0.2) is 41.9 Å². The average molecular weight is 396 g/mol. The van der Waals surface area contributed by atoms with E-state index in [0.29, 0.717) is 0 Å². The van der Waals surface area contributed by atoms with Crippen LogP contribution >= 0.6 is 11.6 Å². The standard InChI is InChI=1S/C18H22ClN3O5/c1-3-26-17(24)16(22-20)15(23)10-14(9-12(2)19)21-18(25)27-11-13-7-5-4-6-8-13/h4-8,14-15,23H,2-3,9-11H2,1H3,(H,21,25). The molecule has 1 rings (SSSR count). The molecule has 0 radical (unpaired) electrons. The van der Waals surface area contributed by atoms with Gasteiger partial charge in [-0.3, -0.25) is 0 Å². The highest BCUT2D eigenvalue weighted by atomic mass is 35.5. The van der Waals surface area contributed by atoms with Gasteiger partial charge in [0.15, 0.2) is 6.10 Å². The van der Waals surface area contributed by atoms with Gasteiger partial charge >= 0.3 is 17.8 Å². The van der Waals surface area contributed by atoms with Crippen molar-refractivity contribution in [3.63, 3.8) is 0 Å². The summed E-state index contributed by atoms with van der Waals surface area (Å²) in [6.07, 6.45) is -2.26. The van der Waals surface area contributed by atoms with Crippen molar-refractivity contribution < 1.29 is 29.0 Å². The minimum absolute atomic E-state index is 0.0521. The van der Waals surface area contributed by atoms with Crippen LogP contribution < -0.4 is 5.32 Å². The first-order valence-corrected chi connectivity index (χ1v) is 8.62. The van der Waals surface area contributed by atoms with E-state index in [1.54, 1.807) is 19.1 Å². The number of rotatable bonds is 10. The molecule has 0 saturated heterocycles. The van der Waals surface area contributed by atoms with E-state index < -0.39 is 29.9 Å². The molecule has 0 aliphatic heterocycles. The van der Waals surface area contributed by atoms with E-state index in [2.05, 4.69) is 16.7 Å². The van der Waals surface area contributed by atoms with Gasteiger partial charge in [0, 0.05) is 23.9 Å². The molecule has 0 bridgehead atoms. The smallest absolute Gasteiger partial charge is 0.419 e. The highest BCUT2D eigenvalue weighted by molar-refractivity contribution is 6.35. The van der Waals surface area contributed by atoms with E-state index in [1.807, 2.05) is 18.2 Å². The molecule has 2 unspecified atom stereocenters. The fourth-order valence-corrected chi connectivity index (χ4v) is 2.41. The number of aliphatic hydroxyl groups excluding tert-OH is 1. The maximum Gasteiger partial charge on any atom is 0.419 e. The van der Waals surface area contributed by atoms with Crippen LogP contribution in [-0.4, -0.2) is 46.4 Å². The Morgan fingerprint density at radius 3 is 2.56 bits per heavy atom. The molecule has 2 atom stereocenters. The molecular weight excluding hydrogens is 374 g/mol. The SMILES string of the molecule is C=C(Cl)CC(CC(O)C(=[N+]=[N-])C(=O)OCC)NC(=O)OCc1ccccc1. The Bertz CT molecular complexity index is 704. The third kappa shape index (κ3) is 8.50. The lowest BCUT2D eigenvalue weighted by Crippen LogP contribution is -2.41. The van der Waals surface area contributed by atoms with Crippen LogP contribution in [0.25, 0.3) is 5.53 Å². The summed E-state index contributed by atoms with van der Waals surface area (Å²) < 4.78 is 9.82. The van der Waals surface area contributed by atoms with Gasteiger partial charge in [-0.25, -0.2) is 9.59 Å². The van der Waals surface area contributed by atoms with Gasteiger partial charge in [0.2, 0.25) is 0 Å². The third-order valence-corrected chi connectivity index (χ3v) is 3.57. The number of nitrogens with one attached hydrogen (secondary N) is 1. The summed E-state index contributed by atoms with van der Waals surface area (Å²) in [5.74, 6) is -0.956. The number of carbonyl (C=O) groups excluding carboxylic acids is 2. The van der Waals surface area contributed by atoms with E-state index in [4.69, 9.17) is 26.6 Å². The minimum atomic E-state index is -1.48. The van der Waals surface area contributed by atoms with Crippen LogP contribution in [0.1, 0.15) is 25.3 Å². The Hall–Kier alpha value is -2.67. The maximum absolute atomic E-state index is 12.0. The normalized spacial score (nSPS) is 12.3. The number of halogens is 1. The third-order valence-electron chi connectivity index (χ3n) is 3.42. The number of alkyl carbamates (subject to hydrolysis) is 1. The lowest BCUT2D eigenvalue weighted by Gasteiger charge is -2.19. The van der Waals surface area contributed by atoms with Crippen molar-refractivity contribution in [2.24, 2.45) is 0 Å². The van der Waals surface area contributed by atoms with E-state index in [9.17, 15) is 14.7 Å². The molecule has 0 fully saturated rings.